The zero-order chi connectivity index (χ0) is 22.2. The third-order valence-corrected chi connectivity index (χ3v) is 4.32. The lowest BCUT2D eigenvalue weighted by Crippen LogP contribution is -2.23. The summed E-state index contributed by atoms with van der Waals surface area (Å²) in [4.78, 5) is 29.3. The highest BCUT2D eigenvalue weighted by Gasteiger charge is 2.07. The van der Waals surface area contributed by atoms with Crippen molar-refractivity contribution in [1.82, 2.24) is 9.88 Å². The largest absolute Gasteiger partial charge is 0.453 e. The Morgan fingerprint density at radius 1 is 1.13 bits per heavy atom. The maximum Gasteiger partial charge on any atom is 0.248 e. The molecule has 0 bridgehead atoms. The van der Waals surface area contributed by atoms with Gasteiger partial charge in [-0.2, -0.15) is 0 Å². The number of carbonyl (C=O) groups excluding carboxylic acids is 2. The van der Waals surface area contributed by atoms with Gasteiger partial charge in [0, 0.05) is 32.1 Å². The van der Waals surface area contributed by atoms with Crippen LogP contribution in [0.4, 0.5) is 10.1 Å². The number of likely N-dealkylation sites (N-methyl/N-ethyl adjacent to an activating group) is 1. The summed E-state index contributed by atoms with van der Waals surface area (Å²) in [6.45, 7) is 0. The number of carbonyl (C=O) groups is 2. The van der Waals surface area contributed by atoms with E-state index in [-0.39, 0.29) is 17.6 Å². The smallest absolute Gasteiger partial charge is 0.248 e. The summed E-state index contributed by atoms with van der Waals surface area (Å²) >= 11 is 0. The molecule has 3 aromatic rings. The lowest BCUT2D eigenvalue weighted by molar-refractivity contribution is -0.128. The van der Waals surface area contributed by atoms with Crippen LogP contribution in [0.2, 0.25) is 0 Å². The molecule has 1 heterocycles. The van der Waals surface area contributed by atoms with E-state index in [4.69, 9.17) is 4.74 Å². The van der Waals surface area contributed by atoms with E-state index in [9.17, 15) is 14.0 Å². The molecule has 0 saturated carbocycles. The molecule has 31 heavy (non-hydrogen) atoms. The Hall–Kier alpha value is -4.00. The number of hydrogen-bond acceptors (Lipinski definition) is 4. The minimum Gasteiger partial charge on any atom is -0.453 e. The Kier molecular flexibility index (Phi) is 7.11. The summed E-state index contributed by atoms with van der Waals surface area (Å²) in [5, 5.41) is 2.73. The molecule has 3 rings (SSSR count). The molecule has 7 heteroatoms. The zero-order valence-corrected chi connectivity index (χ0v) is 17.2. The van der Waals surface area contributed by atoms with E-state index in [0.717, 1.165) is 5.56 Å². The number of amides is 2. The van der Waals surface area contributed by atoms with Crippen molar-refractivity contribution in [2.45, 2.75) is 6.42 Å². The first kappa shape index (κ1) is 21.7. The zero-order valence-electron chi connectivity index (χ0n) is 17.2. The van der Waals surface area contributed by atoms with Gasteiger partial charge >= 0.3 is 0 Å². The van der Waals surface area contributed by atoms with E-state index in [1.807, 2.05) is 0 Å². The standard InChI is InChI=1S/C24H22FN3O3/c1-28(2)24(30)15-18-5-9-19(10-6-18)27-23(29)12-8-17-7-11-22(21(25)14-17)31-20-4-3-13-26-16-20/h3-14,16H,15H2,1-2H3,(H,27,29)/b12-8+. The van der Waals surface area contributed by atoms with Crippen molar-refractivity contribution in [3.63, 3.8) is 0 Å². The molecule has 6 nitrogen and oxygen atoms in total. The molecule has 0 aliphatic heterocycles. The van der Waals surface area contributed by atoms with Gasteiger partial charge in [0.05, 0.1) is 12.6 Å². The van der Waals surface area contributed by atoms with Crippen molar-refractivity contribution < 1.29 is 18.7 Å². The molecule has 0 atom stereocenters. The van der Waals surface area contributed by atoms with E-state index in [1.54, 1.807) is 62.8 Å². The summed E-state index contributed by atoms with van der Waals surface area (Å²) in [5.41, 5.74) is 1.97. The highest BCUT2D eigenvalue weighted by atomic mass is 19.1. The normalized spacial score (nSPS) is 10.7. The second-order valence-electron chi connectivity index (χ2n) is 6.97. The maximum absolute atomic E-state index is 14.3. The van der Waals surface area contributed by atoms with E-state index in [0.29, 0.717) is 23.4 Å². The third-order valence-electron chi connectivity index (χ3n) is 4.32. The minimum absolute atomic E-state index is 0.00352. The highest BCUT2D eigenvalue weighted by molar-refractivity contribution is 6.01. The SMILES string of the molecule is CN(C)C(=O)Cc1ccc(NC(=O)/C=C/c2ccc(Oc3cccnc3)c(F)c2)cc1. The van der Waals surface area contributed by atoms with Crippen molar-refractivity contribution in [2.75, 3.05) is 19.4 Å². The van der Waals surface area contributed by atoms with E-state index in [2.05, 4.69) is 10.3 Å². The third kappa shape index (κ3) is 6.50. The molecule has 1 N–H and O–H groups in total. The number of rotatable bonds is 7. The summed E-state index contributed by atoms with van der Waals surface area (Å²) in [7, 11) is 3.41. The molecule has 0 radical (unpaired) electrons. The molecule has 0 aliphatic carbocycles. The summed E-state index contributed by atoms with van der Waals surface area (Å²) in [6, 6.07) is 14.8. The Morgan fingerprint density at radius 2 is 1.90 bits per heavy atom. The first-order valence-electron chi connectivity index (χ1n) is 9.56. The number of halogens is 1. The molecule has 0 spiro atoms. The molecule has 0 saturated heterocycles. The van der Waals surface area contributed by atoms with E-state index in [1.165, 1.54) is 35.4 Å². The van der Waals surface area contributed by atoms with Crippen molar-refractivity contribution in [2.24, 2.45) is 0 Å². The van der Waals surface area contributed by atoms with Gasteiger partial charge in [-0.15, -0.1) is 0 Å². The monoisotopic (exact) mass is 419 g/mol. The number of pyridine rings is 1. The maximum atomic E-state index is 14.3. The average molecular weight is 419 g/mol. The van der Waals surface area contributed by atoms with E-state index < -0.39 is 5.82 Å². The number of anilines is 1. The molecule has 1 aromatic heterocycles. The van der Waals surface area contributed by atoms with Crippen molar-refractivity contribution in [1.29, 1.82) is 0 Å². The molecule has 2 amide bonds. The quantitative estimate of drug-likeness (QED) is 0.580. The second-order valence-corrected chi connectivity index (χ2v) is 6.97. The van der Waals surface area contributed by atoms with Crippen molar-refractivity contribution in [3.8, 4) is 11.5 Å². The number of benzene rings is 2. The number of nitrogens with one attached hydrogen (secondary N) is 1. The molecule has 0 aliphatic rings. The topological polar surface area (TPSA) is 71.5 Å². The van der Waals surface area contributed by atoms with Gasteiger partial charge in [0.25, 0.3) is 0 Å². The molecular weight excluding hydrogens is 397 g/mol. The van der Waals surface area contributed by atoms with E-state index >= 15 is 0 Å². The Morgan fingerprint density at radius 3 is 2.55 bits per heavy atom. The van der Waals surface area contributed by atoms with Gasteiger partial charge in [0.1, 0.15) is 5.75 Å². The lowest BCUT2D eigenvalue weighted by Gasteiger charge is -2.10. The van der Waals surface area contributed by atoms with Gasteiger partial charge in [-0.1, -0.05) is 18.2 Å². The number of ether oxygens (including phenoxy) is 1. The minimum atomic E-state index is -0.547. The van der Waals surface area contributed by atoms with Crippen molar-refractivity contribution >= 4 is 23.6 Å². The molecule has 0 fully saturated rings. The first-order valence-corrected chi connectivity index (χ1v) is 9.56. The Labute approximate surface area is 180 Å². The summed E-state index contributed by atoms with van der Waals surface area (Å²) in [6.07, 6.45) is 6.22. The van der Waals surface area contributed by atoms with Crippen LogP contribution in [0, 0.1) is 5.82 Å². The van der Waals surface area contributed by atoms with Crippen LogP contribution < -0.4 is 10.1 Å². The van der Waals surface area contributed by atoms with Crippen LogP contribution in [0.1, 0.15) is 11.1 Å². The van der Waals surface area contributed by atoms with Crippen LogP contribution in [0.15, 0.2) is 73.1 Å². The summed E-state index contributed by atoms with van der Waals surface area (Å²) in [5.74, 6) is -0.394. The molecule has 158 valence electrons. The summed E-state index contributed by atoms with van der Waals surface area (Å²) < 4.78 is 19.7. The number of hydrogen-bond donors (Lipinski definition) is 1. The molecular formula is C24H22FN3O3. The second kappa shape index (κ2) is 10.2. The molecule has 2 aromatic carbocycles. The predicted molar refractivity (Wildman–Crippen MR) is 117 cm³/mol. The fourth-order valence-electron chi connectivity index (χ4n) is 2.63. The lowest BCUT2D eigenvalue weighted by atomic mass is 10.1. The molecule has 0 unspecified atom stereocenters. The van der Waals surface area contributed by atoms with Gasteiger partial charge in [-0.05, 0) is 53.6 Å². The van der Waals surface area contributed by atoms with Crippen LogP contribution in [-0.4, -0.2) is 35.8 Å². The number of aromatic nitrogens is 1. The van der Waals surface area contributed by atoms with Crippen molar-refractivity contribution in [3.05, 3.63) is 90.0 Å². The van der Waals surface area contributed by atoms with Gasteiger partial charge in [0.2, 0.25) is 11.8 Å². The van der Waals surface area contributed by atoms with Gasteiger partial charge in [-0.25, -0.2) is 4.39 Å². The van der Waals surface area contributed by atoms with Crippen LogP contribution >= 0.6 is 0 Å². The van der Waals surface area contributed by atoms with Crippen LogP contribution in [0.5, 0.6) is 11.5 Å². The Bertz CT molecular complexity index is 1080. The predicted octanol–water partition coefficient (Wildman–Crippen LogP) is 4.30. The van der Waals surface area contributed by atoms with Crippen LogP contribution in [0.25, 0.3) is 6.08 Å². The average Bonchev–Trinajstić information content (AvgIpc) is 2.76. The fourth-order valence-corrected chi connectivity index (χ4v) is 2.63. The first-order chi connectivity index (χ1) is 14.9. The van der Waals surface area contributed by atoms with Gasteiger partial charge in [-0.3, -0.25) is 14.6 Å². The van der Waals surface area contributed by atoms with Crippen LogP contribution in [-0.2, 0) is 16.0 Å². The van der Waals surface area contributed by atoms with Gasteiger partial charge in [0.15, 0.2) is 11.6 Å². The Balaban J connectivity index is 1.57. The highest BCUT2D eigenvalue weighted by Crippen LogP contribution is 2.24. The fraction of sp³-hybridized carbons (Fsp3) is 0.125. The van der Waals surface area contributed by atoms with Gasteiger partial charge < -0.3 is 15.0 Å². The van der Waals surface area contributed by atoms with Crippen LogP contribution in [0.3, 0.4) is 0 Å². The number of nitrogens with zero attached hydrogens (tertiary/aromatic N) is 2.